The highest BCUT2D eigenvalue weighted by Crippen LogP contribution is 1.95. The SMILES string of the molecule is CC(=CCCCO)CO. The second kappa shape index (κ2) is 5.79. The van der Waals surface area contributed by atoms with Crippen molar-refractivity contribution in [1.29, 1.82) is 0 Å². The van der Waals surface area contributed by atoms with Gasteiger partial charge in [-0.25, -0.2) is 0 Å². The first-order valence-corrected chi connectivity index (χ1v) is 3.18. The van der Waals surface area contributed by atoms with Crippen LogP contribution in [0.15, 0.2) is 11.6 Å². The maximum Gasteiger partial charge on any atom is 0.0639 e. The van der Waals surface area contributed by atoms with E-state index >= 15 is 0 Å². The van der Waals surface area contributed by atoms with Crippen LogP contribution in [0.3, 0.4) is 0 Å². The van der Waals surface area contributed by atoms with Crippen molar-refractivity contribution < 1.29 is 10.2 Å². The zero-order valence-electron chi connectivity index (χ0n) is 5.80. The number of allylic oxidation sites excluding steroid dienone is 1. The number of aliphatic hydroxyl groups excluding tert-OH is 2. The van der Waals surface area contributed by atoms with Gasteiger partial charge in [0.25, 0.3) is 0 Å². The van der Waals surface area contributed by atoms with E-state index in [1.807, 2.05) is 13.0 Å². The summed E-state index contributed by atoms with van der Waals surface area (Å²) in [6.45, 7) is 2.23. The van der Waals surface area contributed by atoms with Crippen LogP contribution in [0.5, 0.6) is 0 Å². The molecule has 0 atom stereocenters. The summed E-state index contributed by atoms with van der Waals surface area (Å²) in [5.41, 5.74) is 0.975. The predicted octanol–water partition coefficient (Wildman–Crippen LogP) is 0.698. The lowest BCUT2D eigenvalue weighted by molar-refractivity contribution is 0.289. The third kappa shape index (κ3) is 5.53. The van der Waals surface area contributed by atoms with Crippen molar-refractivity contribution in [2.24, 2.45) is 0 Å². The fraction of sp³-hybridized carbons (Fsp3) is 0.714. The van der Waals surface area contributed by atoms with E-state index in [-0.39, 0.29) is 13.2 Å². The minimum absolute atomic E-state index is 0.130. The van der Waals surface area contributed by atoms with Gasteiger partial charge in [0.05, 0.1) is 6.61 Å². The van der Waals surface area contributed by atoms with Gasteiger partial charge in [0, 0.05) is 6.61 Å². The molecule has 0 fully saturated rings. The van der Waals surface area contributed by atoms with E-state index in [0.29, 0.717) is 0 Å². The topological polar surface area (TPSA) is 40.5 Å². The van der Waals surface area contributed by atoms with Gasteiger partial charge < -0.3 is 10.2 Å². The molecule has 0 aliphatic carbocycles. The van der Waals surface area contributed by atoms with Crippen LogP contribution in [-0.2, 0) is 0 Å². The van der Waals surface area contributed by atoms with Gasteiger partial charge in [0.1, 0.15) is 0 Å². The Morgan fingerprint density at radius 2 is 2.11 bits per heavy atom. The molecule has 0 unspecified atom stereocenters. The molecule has 9 heavy (non-hydrogen) atoms. The van der Waals surface area contributed by atoms with Crippen molar-refractivity contribution in [2.75, 3.05) is 13.2 Å². The second-order valence-electron chi connectivity index (χ2n) is 2.07. The molecule has 0 saturated heterocycles. The number of hydrogen-bond donors (Lipinski definition) is 2. The minimum atomic E-state index is 0.130. The molecule has 0 aromatic heterocycles. The first-order chi connectivity index (χ1) is 4.31. The lowest BCUT2D eigenvalue weighted by atomic mass is 10.2. The lowest BCUT2D eigenvalue weighted by Crippen LogP contribution is -1.85. The van der Waals surface area contributed by atoms with Crippen LogP contribution in [0.4, 0.5) is 0 Å². The monoisotopic (exact) mass is 130 g/mol. The zero-order valence-corrected chi connectivity index (χ0v) is 5.80. The molecule has 0 aliphatic heterocycles. The Morgan fingerprint density at radius 3 is 2.56 bits per heavy atom. The Balaban J connectivity index is 3.21. The number of aliphatic hydroxyl groups is 2. The van der Waals surface area contributed by atoms with Crippen molar-refractivity contribution in [3.05, 3.63) is 11.6 Å². The smallest absolute Gasteiger partial charge is 0.0639 e. The van der Waals surface area contributed by atoms with Crippen molar-refractivity contribution in [1.82, 2.24) is 0 Å². The maximum atomic E-state index is 8.50. The Bertz CT molecular complexity index is 86.9. The van der Waals surface area contributed by atoms with Crippen LogP contribution in [0.2, 0.25) is 0 Å². The summed E-state index contributed by atoms with van der Waals surface area (Å²) < 4.78 is 0. The summed E-state index contributed by atoms with van der Waals surface area (Å²) in [5, 5.41) is 16.9. The van der Waals surface area contributed by atoms with Gasteiger partial charge in [-0.1, -0.05) is 11.6 Å². The molecule has 54 valence electrons. The molecule has 2 N–H and O–H groups in total. The van der Waals surface area contributed by atoms with Crippen LogP contribution < -0.4 is 0 Å². The maximum absolute atomic E-state index is 8.50. The van der Waals surface area contributed by atoms with Gasteiger partial charge in [-0.3, -0.25) is 0 Å². The van der Waals surface area contributed by atoms with Gasteiger partial charge in [-0.2, -0.15) is 0 Å². The molecule has 0 bridgehead atoms. The van der Waals surface area contributed by atoms with E-state index in [4.69, 9.17) is 10.2 Å². The Morgan fingerprint density at radius 1 is 1.44 bits per heavy atom. The van der Waals surface area contributed by atoms with E-state index < -0.39 is 0 Å². The average molecular weight is 130 g/mol. The van der Waals surface area contributed by atoms with Crippen LogP contribution in [-0.4, -0.2) is 23.4 Å². The fourth-order valence-electron chi connectivity index (χ4n) is 0.504. The highest BCUT2D eigenvalue weighted by Gasteiger charge is 1.83. The summed E-state index contributed by atoms with van der Waals surface area (Å²) in [6, 6.07) is 0. The van der Waals surface area contributed by atoms with Gasteiger partial charge in [0.2, 0.25) is 0 Å². The molecule has 0 spiro atoms. The van der Waals surface area contributed by atoms with Gasteiger partial charge in [0.15, 0.2) is 0 Å². The molecular weight excluding hydrogens is 116 g/mol. The summed E-state index contributed by atoms with van der Waals surface area (Å²) in [5.74, 6) is 0. The van der Waals surface area contributed by atoms with Crippen LogP contribution >= 0.6 is 0 Å². The number of unbranched alkanes of at least 4 members (excludes halogenated alkanes) is 1. The van der Waals surface area contributed by atoms with Crippen molar-refractivity contribution in [3.63, 3.8) is 0 Å². The Labute approximate surface area is 55.8 Å². The average Bonchev–Trinajstić information content (AvgIpc) is 1.89. The molecule has 0 rings (SSSR count). The highest BCUT2D eigenvalue weighted by atomic mass is 16.3. The quantitative estimate of drug-likeness (QED) is 0.434. The van der Waals surface area contributed by atoms with Crippen LogP contribution in [0.1, 0.15) is 19.8 Å². The molecule has 2 nitrogen and oxygen atoms in total. The number of hydrogen-bond acceptors (Lipinski definition) is 2. The standard InChI is InChI=1S/C7H14O2/c1-7(6-9)4-2-3-5-8/h4,8-9H,2-3,5-6H2,1H3. The fourth-order valence-corrected chi connectivity index (χ4v) is 0.504. The minimum Gasteiger partial charge on any atom is -0.396 e. The molecule has 0 heterocycles. The second-order valence-corrected chi connectivity index (χ2v) is 2.07. The number of rotatable bonds is 4. The predicted molar refractivity (Wildman–Crippen MR) is 37.2 cm³/mol. The Kier molecular flexibility index (Phi) is 5.57. The third-order valence-corrected chi connectivity index (χ3v) is 1.10. The van der Waals surface area contributed by atoms with E-state index in [0.717, 1.165) is 18.4 Å². The molecule has 0 aromatic rings. The zero-order chi connectivity index (χ0) is 7.11. The highest BCUT2D eigenvalue weighted by molar-refractivity contribution is 4.96. The largest absolute Gasteiger partial charge is 0.396 e. The van der Waals surface area contributed by atoms with Gasteiger partial charge in [-0.15, -0.1) is 0 Å². The van der Waals surface area contributed by atoms with E-state index in [1.54, 1.807) is 0 Å². The third-order valence-electron chi connectivity index (χ3n) is 1.10. The first kappa shape index (κ1) is 8.66. The lowest BCUT2D eigenvalue weighted by Gasteiger charge is -1.92. The van der Waals surface area contributed by atoms with Gasteiger partial charge >= 0.3 is 0 Å². The molecular formula is C7H14O2. The molecule has 0 saturated carbocycles. The van der Waals surface area contributed by atoms with Crippen LogP contribution in [0.25, 0.3) is 0 Å². The van der Waals surface area contributed by atoms with E-state index in [1.165, 1.54) is 0 Å². The summed E-state index contributed by atoms with van der Waals surface area (Å²) >= 11 is 0. The summed E-state index contributed by atoms with van der Waals surface area (Å²) in [4.78, 5) is 0. The molecule has 0 aromatic carbocycles. The molecule has 0 amide bonds. The van der Waals surface area contributed by atoms with Crippen molar-refractivity contribution >= 4 is 0 Å². The summed E-state index contributed by atoms with van der Waals surface area (Å²) in [7, 11) is 0. The molecule has 2 heteroatoms. The van der Waals surface area contributed by atoms with E-state index in [2.05, 4.69) is 0 Å². The molecule has 0 aliphatic rings. The van der Waals surface area contributed by atoms with E-state index in [9.17, 15) is 0 Å². The van der Waals surface area contributed by atoms with Crippen molar-refractivity contribution in [3.8, 4) is 0 Å². The summed E-state index contributed by atoms with van der Waals surface area (Å²) in [6.07, 6.45) is 3.59. The Hall–Kier alpha value is -0.340. The first-order valence-electron chi connectivity index (χ1n) is 3.18. The van der Waals surface area contributed by atoms with Crippen molar-refractivity contribution in [2.45, 2.75) is 19.8 Å². The normalized spacial score (nSPS) is 12.1. The van der Waals surface area contributed by atoms with Gasteiger partial charge in [-0.05, 0) is 19.8 Å². The van der Waals surface area contributed by atoms with Crippen LogP contribution in [0, 0.1) is 0 Å². The molecule has 0 radical (unpaired) electrons.